The number of nitrogens with one attached hydrogen (secondary N) is 1. The third kappa shape index (κ3) is 4.77. The molecule has 12 heteroatoms. The number of benzene rings is 1. The lowest BCUT2D eigenvalue weighted by Crippen LogP contribution is -2.39. The smallest absolute Gasteiger partial charge is 0.352 e. The zero-order chi connectivity index (χ0) is 23.6. The van der Waals surface area contributed by atoms with Gasteiger partial charge in [-0.15, -0.1) is 0 Å². The van der Waals surface area contributed by atoms with Gasteiger partial charge in [-0.25, -0.2) is 23.1 Å². The van der Waals surface area contributed by atoms with E-state index in [-0.39, 0.29) is 41.4 Å². The van der Waals surface area contributed by atoms with Gasteiger partial charge >= 0.3 is 5.97 Å². The van der Waals surface area contributed by atoms with E-state index in [4.69, 9.17) is 17.3 Å². The van der Waals surface area contributed by atoms with E-state index in [0.29, 0.717) is 5.71 Å². The Labute approximate surface area is 185 Å². The van der Waals surface area contributed by atoms with E-state index in [9.17, 15) is 27.9 Å². The molecule has 0 aliphatic carbocycles. The molecule has 1 aromatic carbocycles. The number of piperidine rings is 1. The van der Waals surface area contributed by atoms with Crippen molar-refractivity contribution in [2.45, 2.75) is 25.8 Å². The summed E-state index contributed by atoms with van der Waals surface area (Å²) >= 11 is 6.06. The van der Waals surface area contributed by atoms with Crippen LogP contribution < -0.4 is 16.2 Å². The second-order valence-corrected chi connectivity index (χ2v) is 7.47. The number of aromatic amines is 1. The molecular formula is C20H19ClF3N5O3. The molecule has 1 atom stereocenters. The van der Waals surface area contributed by atoms with Crippen molar-refractivity contribution in [2.24, 2.45) is 10.7 Å². The summed E-state index contributed by atoms with van der Waals surface area (Å²) < 4.78 is 40.2. The first kappa shape index (κ1) is 23.3. The fourth-order valence-corrected chi connectivity index (χ4v) is 3.69. The molecule has 170 valence electrons. The zero-order valence-electron chi connectivity index (χ0n) is 16.8. The maximum atomic E-state index is 13.4. The molecule has 0 saturated carbocycles. The number of hydrogen-bond donors (Lipinski definition) is 3. The minimum atomic E-state index is -2.91. The summed E-state index contributed by atoms with van der Waals surface area (Å²) in [6, 6.07) is 2.23. The highest BCUT2D eigenvalue weighted by atomic mass is 35.5. The topological polar surface area (TPSA) is 125 Å². The number of carboxylic acids is 1. The molecule has 1 saturated heterocycles. The third-order valence-electron chi connectivity index (χ3n) is 5.07. The number of carboxylic acid groups (broad SMARTS) is 1. The van der Waals surface area contributed by atoms with E-state index in [1.54, 1.807) is 11.8 Å². The second kappa shape index (κ2) is 9.43. The van der Waals surface area contributed by atoms with Gasteiger partial charge in [-0.05, 0) is 24.6 Å². The van der Waals surface area contributed by atoms with E-state index >= 15 is 0 Å². The molecule has 0 amide bonds. The molecule has 1 aliphatic rings. The maximum Gasteiger partial charge on any atom is 0.352 e. The van der Waals surface area contributed by atoms with Crippen molar-refractivity contribution < 1.29 is 23.1 Å². The van der Waals surface area contributed by atoms with E-state index in [1.165, 1.54) is 12.3 Å². The summed E-state index contributed by atoms with van der Waals surface area (Å²) in [6.07, 6.45) is -1.38. The molecule has 1 aromatic heterocycles. The van der Waals surface area contributed by atoms with Crippen LogP contribution in [0.3, 0.4) is 0 Å². The average Bonchev–Trinajstić information content (AvgIpc) is 2.75. The number of H-pyrrole nitrogens is 1. The molecule has 1 fully saturated rings. The highest BCUT2D eigenvalue weighted by Crippen LogP contribution is 2.32. The molecule has 1 unspecified atom stereocenters. The van der Waals surface area contributed by atoms with Gasteiger partial charge in [-0.1, -0.05) is 17.7 Å². The maximum absolute atomic E-state index is 13.4. The van der Waals surface area contributed by atoms with E-state index < -0.39 is 41.1 Å². The summed E-state index contributed by atoms with van der Waals surface area (Å²) in [7, 11) is 0. The number of halogens is 4. The van der Waals surface area contributed by atoms with Crippen molar-refractivity contribution in [3.8, 4) is 0 Å². The number of aliphatic carboxylic acids is 1. The predicted molar refractivity (Wildman–Crippen MR) is 113 cm³/mol. The van der Waals surface area contributed by atoms with Crippen LogP contribution in [-0.4, -0.2) is 40.1 Å². The average molecular weight is 470 g/mol. The first-order chi connectivity index (χ1) is 15.1. The van der Waals surface area contributed by atoms with Crippen molar-refractivity contribution in [3.63, 3.8) is 0 Å². The normalized spacial score (nSPS) is 18.2. The Morgan fingerprint density at radius 1 is 1.38 bits per heavy atom. The Morgan fingerprint density at radius 3 is 2.75 bits per heavy atom. The Kier molecular flexibility index (Phi) is 6.87. The summed E-state index contributed by atoms with van der Waals surface area (Å²) in [6.45, 7) is 1.79. The minimum Gasteiger partial charge on any atom is -0.477 e. The number of rotatable bonds is 5. The summed E-state index contributed by atoms with van der Waals surface area (Å²) in [5, 5.41) is 15.2. The fraction of sp³-hybridized carbons (Fsp3) is 0.300. The SMILES string of the molecule is CC(N=C1CCN(c2cn[nH]c(=O)c2Cl)CC1=C(N)C(=O)O)c1ccc(F)cc1C(F)F. The predicted octanol–water partition coefficient (Wildman–Crippen LogP) is 3.21. The molecular weight excluding hydrogens is 451 g/mol. The highest BCUT2D eigenvalue weighted by Gasteiger charge is 2.28. The lowest BCUT2D eigenvalue weighted by Gasteiger charge is -2.32. The van der Waals surface area contributed by atoms with Gasteiger partial charge in [0.2, 0.25) is 0 Å². The Balaban J connectivity index is 2.01. The van der Waals surface area contributed by atoms with Crippen LogP contribution in [-0.2, 0) is 4.79 Å². The van der Waals surface area contributed by atoms with Crippen LogP contribution in [0.15, 0.2) is 45.5 Å². The van der Waals surface area contributed by atoms with Gasteiger partial charge in [0, 0.05) is 36.4 Å². The largest absolute Gasteiger partial charge is 0.477 e. The van der Waals surface area contributed by atoms with Crippen LogP contribution in [0.5, 0.6) is 0 Å². The molecule has 3 rings (SSSR count). The van der Waals surface area contributed by atoms with Crippen LogP contribution in [0.1, 0.15) is 36.9 Å². The molecule has 0 radical (unpaired) electrons. The van der Waals surface area contributed by atoms with Gasteiger partial charge in [-0.3, -0.25) is 9.79 Å². The number of aliphatic imine (C=N–C) groups is 1. The number of alkyl halides is 2. The molecule has 0 bridgehead atoms. The zero-order valence-corrected chi connectivity index (χ0v) is 17.5. The Bertz CT molecular complexity index is 1170. The molecule has 4 N–H and O–H groups in total. The summed E-state index contributed by atoms with van der Waals surface area (Å²) in [5.41, 5.74) is 5.10. The van der Waals surface area contributed by atoms with E-state index in [2.05, 4.69) is 15.2 Å². The Hall–Kier alpha value is -3.34. The van der Waals surface area contributed by atoms with Gasteiger partial charge < -0.3 is 15.7 Å². The lowest BCUT2D eigenvalue weighted by atomic mass is 9.97. The van der Waals surface area contributed by atoms with Crippen LogP contribution in [0.4, 0.5) is 18.9 Å². The molecule has 2 heterocycles. The van der Waals surface area contributed by atoms with E-state index in [0.717, 1.165) is 12.1 Å². The van der Waals surface area contributed by atoms with Crippen molar-refractivity contribution in [1.82, 2.24) is 10.2 Å². The number of nitrogens with two attached hydrogens (primary N) is 1. The molecule has 1 aliphatic heterocycles. The van der Waals surface area contributed by atoms with E-state index in [1.807, 2.05) is 0 Å². The fourth-order valence-electron chi connectivity index (χ4n) is 3.48. The highest BCUT2D eigenvalue weighted by molar-refractivity contribution is 6.33. The molecule has 0 spiro atoms. The first-order valence-corrected chi connectivity index (χ1v) is 9.82. The van der Waals surface area contributed by atoms with Gasteiger partial charge in [-0.2, -0.15) is 5.10 Å². The number of nitrogens with zero attached hydrogens (tertiary/aromatic N) is 3. The van der Waals surface area contributed by atoms with Crippen LogP contribution in [0.25, 0.3) is 0 Å². The number of aromatic nitrogens is 2. The molecule has 8 nitrogen and oxygen atoms in total. The van der Waals surface area contributed by atoms with Gasteiger partial charge in [0.1, 0.15) is 16.5 Å². The number of hydrogen-bond acceptors (Lipinski definition) is 6. The molecule has 2 aromatic rings. The molecule has 32 heavy (non-hydrogen) atoms. The van der Waals surface area contributed by atoms with Gasteiger partial charge in [0.05, 0.1) is 17.9 Å². The van der Waals surface area contributed by atoms with Crippen molar-refractivity contribution >= 4 is 29.0 Å². The number of anilines is 1. The van der Waals surface area contributed by atoms with Crippen LogP contribution in [0.2, 0.25) is 5.02 Å². The Morgan fingerprint density at radius 2 is 2.09 bits per heavy atom. The number of carbonyl (C=O) groups is 1. The standard InChI is InChI=1S/C20H19ClF3N5O3/c1-9(11-3-2-10(22)6-12(11)18(23)24)27-14-4-5-29(8-13(14)17(25)20(31)32)15-7-26-28-19(30)16(15)21/h2-3,6-7,9,18H,4-5,8,25H2,1H3,(H,28,30)(H,31,32). The first-order valence-electron chi connectivity index (χ1n) is 9.44. The lowest BCUT2D eigenvalue weighted by molar-refractivity contribution is -0.132. The summed E-state index contributed by atoms with van der Waals surface area (Å²) in [5.74, 6) is -2.18. The van der Waals surface area contributed by atoms with Gasteiger partial charge in [0.25, 0.3) is 12.0 Å². The quantitative estimate of drug-likeness (QED) is 0.577. The van der Waals surface area contributed by atoms with Crippen LogP contribution in [0, 0.1) is 5.82 Å². The van der Waals surface area contributed by atoms with Crippen molar-refractivity contribution in [2.75, 3.05) is 18.0 Å². The third-order valence-corrected chi connectivity index (χ3v) is 5.44. The minimum absolute atomic E-state index is 0.0420. The monoisotopic (exact) mass is 469 g/mol. The van der Waals surface area contributed by atoms with Crippen molar-refractivity contribution in [1.29, 1.82) is 0 Å². The second-order valence-electron chi connectivity index (χ2n) is 7.09. The van der Waals surface area contributed by atoms with Crippen LogP contribution >= 0.6 is 11.6 Å². The van der Waals surface area contributed by atoms with Crippen molar-refractivity contribution in [3.05, 3.63) is 68.0 Å². The summed E-state index contributed by atoms with van der Waals surface area (Å²) in [4.78, 5) is 29.4. The van der Waals surface area contributed by atoms with Gasteiger partial charge in [0.15, 0.2) is 0 Å².